The number of nitrogens with zero attached hydrogens (tertiary/aromatic N) is 7. The average Bonchev–Trinajstić information content (AvgIpc) is 3.49. The van der Waals surface area contributed by atoms with Crippen molar-refractivity contribution >= 4 is 11.7 Å². The van der Waals surface area contributed by atoms with Gasteiger partial charge in [-0.3, -0.25) is 9.69 Å². The van der Waals surface area contributed by atoms with Crippen LogP contribution in [0.5, 0.6) is 0 Å². The van der Waals surface area contributed by atoms with E-state index < -0.39 is 35.9 Å². The van der Waals surface area contributed by atoms with Crippen LogP contribution in [0.1, 0.15) is 38.4 Å². The summed E-state index contributed by atoms with van der Waals surface area (Å²) in [5.74, 6) is 0.694. The Kier molecular flexibility index (Phi) is 8.59. The highest BCUT2D eigenvalue weighted by atomic mass is 19.4. The number of hydrogen-bond donors (Lipinski definition) is 1. The number of halogens is 6. The lowest BCUT2D eigenvalue weighted by molar-refractivity contribution is -0.143. The van der Waals surface area contributed by atoms with Gasteiger partial charge in [-0.1, -0.05) is 24.3 Å². The molecule has 0 bridgehead atoms. The fourth-order valence-electron chi connectivity index (χ4n) is 5.14. The van der Waals surface area contributed by atoms with Crippen LogP contribution < -0.4 is 4.90 Å². The molecule has 1 fully saturated rings. The number of aromatic amines is 1. The number of anilines is 1. The Bertz CT molecular complexity index is 1580. The van der Waals surface area contributed by atoms with Gasteiger partial charge in [0.05, 0.1) is 23.2 Å². The minimum absolute atomic E-state index is 0.0650. The number of carbonyl (C=O) groups is 1. The topological polar surface area (TPSA) is 94.1 Å². The van der Waals surface area contributed by atoms with Gasteiger partial charge in [-0.25, -0.2) is 10.1 Å². The number of pyridine rings is 1. The lowest BCUT2D eigenvalue weighted by Crippen LogP contribution is -2.46. The van der Waals surface area contributed by atoms with Crippen molar-refractivity contribution in [1.82, 2.24) is 35.4 Å². The first-order valence-corrected chi connectivity index (χ1v) is 13.6. The SMILES string of the molecule is Cc1ccccc1-c1cc(N2CCN(Cc3nnn[nH]3)CC2)ncc1C(=O)N(C)Cc1cc(C(F)(F)F)cc(C(F)(F)F)c1. The summed E-state index contributed by atoms with van der Waals surface area (Å²) in [5.41, 5.74) is -0.823. The number of piperazine rings is 1. The van der Waals surface area contributed by atoms with Crippen molar-refractivity contribution in [2.24, 2.45) is 0 Å². The molecule has 232 valence electrons. The van der Waals surface area contributed by atoms with Gasteiger partial charge in [-0.2, -0.15) is 26.3 Å². The predicted molar refractivity (Wildman–Crippen MR) is 148 cm³/mol. The van der Waals surface area contributed by atoms with E-state index in [1.165, 1.54) is 13.2 Å². The van der Waals surface area contributed by atoms with Gasteiger partial charge in [0.25, 0.3) is 5.91 Å². The standard InChI is InChI=1S/C29H28F6N8O/c1-18-5-3-4-6-22(18)23-14-26(43-9-7-42(8-10-43)17-25-37-39-40-38-25)36-15-24(23)27(44)41(2)16-19-11-20(28(30,31)32)13-21(12-19)29(33,34)35/h3-6,11-15H,7-10,16-17H2,1-2H3,(H,37,38,39,40). The summed E-state index contributed by atoms with van der Waals surface area (Å²) < 4.78 is 80.4. The van der Waals surface area contributed by atoms with Crippen LogP contribution in [0.4, 0.5) is 32.2 Å². The third-order valence-corrected chi connectivity index (χ3v) is 7.43. The number of rotatable bonds is 7. The molecule has 0 aliphatic carbocycles. The van der Waals surface area contributed by atoms with E-state index >= 15 is 0 Å². The van der Waals surface area contributed by atoms with Crippen molar-refractivity contribution in [3.8, 4) is 11.1 Å². The second kappa shape index (κ2) is 12.2. The maximum Gasteiger partial charge on any atom is 0.416 e. The van der Waals surface area contributed by atoms with E-state index in [4.69, 9.17) is 0 Å². The summed E-state index contributed by atoms with van der Waals surface area (Å²) in [6.07, 6.45) is -8.57. The highest BCUT2D eigenvalue weighted by Gasteiger charge is 2.37. The number of aromatic nitrogens is 5. The molecule has 0 unspecified atom stereocenters. The number of H-pyrrole nitrogens is 1. The van der Waals surface area contributed by atoms with Crippen molar-refractivity contribution in [2.75, 3.05) is 38.1 Å². The van der Waals surface area contributed by atoms with E-state index in [1.807, 2.05) is 31.2 Å². The van der Waals surface area contributed by atoms with Gasteiger partial charge in [-0.05, 0) is 63.9 Å². The highest BCUT2D eigenvalue weighted by molar-refractivity contribution is 6.01. The zero-order valence-electron chi connectivity index (χ0n) is 23.7. The third kappa shape index (κ3) is 6.98. The summed E-state index contributed by atoms with van der Waals surface area (Å²) in [6.45, 7) is 4.68. The van der Waals surface area contributed by atoms with E-state index in [9.17, 15) is 31.1 Å². The predicted octanol–water partition coefficient (Wildman–Crippen LogP) is 5.20. The first-order chi connectivity index (χ1) is 20.8. The monoisotopic (exact) mass is 618 g/mol. The van der Waals surface area contributed by atoms with Crippen LogP contribution in [-0.2, 0) is 25.4 Å². The quantitative estimate of drug-likeness (QED) is 0.285. The fraction of sp³-hybridized carbons (Fsp3) is 0.345. The summed E-state index contributed by atoms with van der Waals surface area (Å²) in [5, 5.41) is 13.8. The number of alkyl halides is 6. The number of nitrogens with one attached hydrogen (secondary N) is 1. The molecule has 15 heteroatoms. The number of aryl methyl sites for hydroxylation is 1. The van der Waals surface area contributed by atoms with Crippen molar-refractivity contribution in [1.29, 1.82) is 0 Å². The summed E-state index contributed by atoms with van der Waals surface area (Å²) in [6, 6.07) is 10.5. The molecule has 5 rings (SSSR count). The van der Waals surface area contributed by atoms with Gasteiger partial charge in [0, 0.05) is 46.0 Å². The van der Waals surface area contributed by atoms with Crippen LogP contribution >= 0.6 is 0 Å². The van der Waals surface area contributed by atoms with Crippen LogP contribution in [0.2, 0.25) is 0 Å². The van der Waals surface area contributed by atoms with Crippen LogP contribution in [0.25, 0.3) is 11.1 Å². The van der Waals surface area contributed by atoms with Gasteiger partial charge in [0.2, 0.25) is 0 Å². The second-order valence-corrected chi connectivity index (χ2v) is 10.6. The molecule has 1 aliphatic rings. The first-order valence-electron chi connectivity index (χ1n) is 13.6. The molecule has 1 aliphatic heterocycles. The second-order valence-electron chi connectivity index (χ2n) is 10.6. The minimum atomic E-state index is -4.99. The molecule has 3 heterocycles. The molecule has 1 amide bonds. The van der Waals surface area contributed by atoms with Gasteiger partial charge in [-0.15, -0.1) is 5.10 Å². The highest BCUT2D eigenvalue weighted by Crippen LogP contribution is 2.37. The lowest BCUT2D eigenvalue weighted by Gasteiger charge is -2.35. The van der Waals surface area contributed by atoms with Crippen LogP contribution in [-0.4, -0.2) is 74.5 Å². The van der Waals surface area contributed by atoms with Gasteiger partial charge >= 0.3 is 12.4 Å². The number of carbonyl (C=O) groups excluding carboxylic acids is 1. The van der Waals surface area contributed by atoms with Gasteiger partial charge in [0.15, 0.2) is 5.82 Å². The van der Waals surface area contributed by atoms with Crippen LogP contribution in [0.15, 0.2) is 54.7 Å². The van der Waals surface area contributed by atoms with E-state index in [-0.39, 0.29) is 17.2 Å². The first kappa shape index (κ1) is 30.9. The summed E-state index contributed by atoms with van der Waals surface area (Å²) in [4.78, 5) is 23.6. The zero-order chi connectivity index (χ0) is 31.6. The third-order valence-electron chi connectivity index (χ3n) is 7.43. The maximum atomic E-state index is 13.7. The molecule has 0 saturated carbocycles. The number of benzene rings is 2. The normalized spacial score (nSPS) is 14.6. The minimum Gasteiger partial charge on any atom is -0.354 e. The van der Waals surface area contributed by atoms with Crippen molar-refractivity contribution in [3.63, 3.8) is 0 Å². The van der Waals surface area contributed by atoms with Gasteiger partial charge < -0.3 is 9.80 Å². The van der Waals surface area contributed by atoms with Crippen molar-refractivity contribution in [2.45, 2.75) is 32.4 Å². The number of amides is 1. The fourth-order valence-corrected chi connectivity index (χ4v) is 5.14. The average molecular weight is 619 g/mol. The largest absolute Gasteiger partial charge is 0.416 e. The Morgan fingerprint density at radius 3 is 2.18 bits per heavy atom. The molecular weight excluding hydrogens is 590 g/mol. The van der Waals surface area contributed by atoms with E-state index in [2.05, 4.69) is 35.4 Å². The van der Waals surface area contributed by atoms with Crippen LogP contribution in [0, 0.1) is 6.92 Å². The molecule has 1 N–H and O–H groups in total. The molecular formula is C29H28F6N8O. The zero-order valence-corrected chi connectivity index (χ0v) is 23.7. The van der Waals surface area contributed by atoms with Crippen LogP contribution in [0.3, 0.4) is 0 Å². The Labute approximate surface area is 248 Å². The molecule has 9 nitrogen and oxygen atoms in total. The Morgan fingerprint density at radius 1 is 0.932 bits per heavy atom. The van der Waals surface area contributed by atoms with E-state index in [0.717, 1.165) is 16.0 Å². The number of hydrogen-bond acceptors (Lipinski definition) is 7. The van der Waals surface area contributed by atoms with Crippen molar-refractivity contribution < 1.29 is 31.1 Å². The molecule has 2 aromatic carbocycles. The number of tetrazole rings is 1. The molecule has 44 heavy (non-hydrogen) atoms. The Morgan fingerprint density at radius 2 is 1.59 bits per heavy atom. The smallest absolute Gasteiger partial charge is 0.354 e. The summed E-state index contributed by atoms with van der Waals surface area (Å²) in [7, 11) is 1.33. The van der Waals surface area contributed by atoms with Gasteiger partial charge in [0.1, 0.15) is 5.82 Å². The lowest BCUT2D eigenvalue weighted by atomic mass is 9.96. The maximum absolute atomic E-state index is 13.7. The van der Waals surface area contributed by atoms with E-state index in [1.54, 1.807) is 6.07 Å². The molecule has 4 aromatic rings. The Hall–Kier alpha value is -4.53. The molecule has 0 radical (unpaired) electrons. The Balaban J connectivity index is 1.42. The molecule has 0 spiro atoms. The summed E-state index contributed by atoms with van der Waals surface area (Å²) >= 11 is 0. The molecule has 2 aromatic heterocycles. The van der Waals surface area contributed by atoms with Crippen molar-refractivity contribution in [3.05, 3.63) is 88.4 Å². The van der Waals surface area contributed by atoms with E-state index in [0.29, 0.717) is 62.1 Å². The molecule has 1 saturated heterocycles. The molecule has 0 atom stereocenters.